The van der Waals surface area contributed by atoms with Crippen LogP contribution in [0, 0.1) is 6.92 Å². The molecular weight excluding hydrogens is 308 g/mol. The predicted molar refractivity (Wildman–Crippen MR) is 86.0 cm³/mol. The number of anilines is 1. The Hall–Kier alpha value is -1.56. The van der Waals surface area contributed by atoms with Crippen LogP contribution >= 0.6 is 11.6 Å². The van der Waals surface area contributed by atoms with Gasteiger partial charge in [-0.3, -0.25) is 0 Å². The van der Waals surface area contributed by atoms with Crippen molar-refractivity contribution in [2.24, 2.45) is 5.14 Å². The molecular formula is C15H17ClN2O2S. The third-order valence-corrected chi connectivity index (χ3v) is 4.53. The van der Waals surface area contributed by atoms with Crippen LogP contribution in [0.1, 0.15) is 24.1 Å². The van der Waals surface area contributed by atoms with Crippen LogP contribution in [0.3, 0.4) is 0 Å². The van der Waals surface area contributed by atoms with Crippen molar-refractivity contribution in [2.75, 3.05) is 5.32 Å². The molecule has 2 aromatic rings. The van der Waals surface area contributed by atoms with E-state index in [1.54, 1.807) is 0 Å². The highest BCUT2D eigenvalue weighted by atomic mass is 35.5. The highest BCUT2D eigenvalue weighted by molar-refractivity contribution is 7.89. The summed E-state index contributed by atoms with van der Waals surface area (Å²) in [4.78, 5) is 0.0337. The van der Waals surface area contributed by atoms with Crippen LogP contribution in [0.25, 0.3) is 0 Å². The summed E-state index contributed by atoms with van der Waals surface area (Å²) in [5.41, 5.74) is 2.81. The minimum absolute atomic E-state index is 0.0144. The standard InChI is InChI=1S/C15H17ClN2O2S/c1-10-5-3-4-6-13(10)11(2)18-15-9-12(21(17,19)20)7-8-14(15)16/h3-9,11,18H,1-2H3,(H2,17,19,20). The van der Waals surface area contributed by atoms with Gasteiger partial charge in [0.05, 0.1) is 15.6 Å². The van der Waals surface area contributed by atoms with Crippen LogP contribution in [0.2, 0.25) is 5.02 Å². The Labute approximate surface area is 130 Å². The number of sulfonamides is 1. The van der Waals surface area contributed by atoms with Crippen molar-refractivity contribution >= 4 is 27.3 Å². The van der Waals surface area contributed by atoms with E-state index in [2.05, 4.69) is 5.32 Å². The van der Waals surface area contributed by atoms with Gasteiger partial charge in [-0.2, -0.15) is 0 Å². The number of rotatable bonds is 4. The van der Waals surface area contributed by atoms with Crippen LogP contribution < -0.4 is 10.5 Å². The minimum atomic E-state index is -3.75. The number of hydrogen-bond acceptors (Lipinski definition) is 3. The van der Waals surface area contributed by atoms with Crippen molar-refractivity contribution in [3.63, 3.8) is 0 Å². The van der Waals surface area contributed by atoms with Crippen LogP contribution in [0.15, 0.2) is 47.4 Å². The van der Waals surface area contributed by atoms with Gasteiger partial charge < -0.3 is 5.32 Å². The second-order valence-electron chi connectivity index (χ2n) is 4.91. The van der Waals surface area contributed by atoms with E-state index in [4.69, 9.17) is 16.7 Å². The quantitative estimate of drug-likeness (QED) is 0.904. The molecule has 0 amide bonds. The Kier molecular flexibility index (Phi) is 4.56. The van der Waals surface area contributed by atoms with E-state index in [0.717, 1.165) is 11.1 Å². The van der Waals surface area contributed by atoms with Crippen molar-refractivity contribution in [3.05, 3.63) is 58.6 Å². The first-order valence-electron chi connectivity index (χ1n) is 6.43. The smallest absolute Gasteiger partial charge is 0.238 e. The molecule has 2 rings (SSSR count). The summed E-state index contributed by atoms with van der Waals surface area (Å²) in [7, 11) is -3.75. The van der Waals surface area contributed by atoms with E-state index in [-0.39, 0.29) is 10.9 Å². The molecule has 0 radical (unpaired) electrons. The van der Waals surface area contributed by atoms with E-state index < -0.39 is 10.0 Å². The van der Waals surface area contributed by atoms with Gasteiger partial charge in [-0.15, -0.1) is 0 Å². The molecule has 0 saturated carbocycles. The van der Waals surface area contributed by atoms with Crippen LogP contribution in [0.4, 0.5) is 5.69 Å². The Balaban J connectivity index is 2.33. The minimum Gasteiger partial charge on any atom is -0.377 e. The van der Waals surface area contributed by atoms with Crippen LogP contribution in [-0.4, -0.2) is 8.42 Å². The monoisotopic (exact) mass is 324 g/mol. The number of primary sulfonamides is 1. The summed E-state index contributed by atoms with van der Waals surface area (Å²) in [6.07, 6.45) is 0. The van der Waals surface area contributed by atoms with Crippen molar-refractivity contribution in [1.29, 1.82) is 0 Å². The zero-order chi connectivity index (χ0) is 15.6. The summed E-state index contributed by atoms with van der Waals surface area (Å²) >= 11 is 6.12. The number of nitrogens with one attached hydrogen (secondary N) is 1. The van der Waals surface area contributed by atoms with Gasteiger partial charge in [0, 0.05) is 6.04 Å². The first-order valence-corrected chi connectivity index (χ1v) is 8.36. The molecule has 0 heterocycles. The number of halogens is 1. The lowest BCUT2D eigenvalue weighted by atomic mass is 10.0. The van der Waals surface area contributed by atoms with E-state index >= 15 is 0 Å². The molecule has 0 fully saturated rings. The summed E-state index contributed by atoms with van der Waals surface area (Å²) in [6, 6.07) is 12.3. The number of aryl methyl sites for hydroxylation is 1. The zero-order valence-corrected chi connectivity index (χ0v) is 13.4. The Bertz CT molecular complexity index is 760. The van der Waals surface area contributed by atoms with E-state index in [0.29, 0.717) is 10.7 Å². The van der Waals surface area contributed by atoms with Gasteiger partial charge in [0.15, 0.2) is 0 Å². The normalized spacial score (nSPS) is 13.0. The molecule has 0 bridgehead atoms. The van der Waals surface area contributed by atoms with Gasteiger partial charge in [-0.1, -0.05) is 35.9 Å². The van der Waals surface area contributed by atoms with Gasteiger partial charge in [0.1, 0.15) is 0 Å². The molecule has 0 aliphatic rings. The van der Waals surface area contributed by atoms with Gasteiger partial charge in [-0.05, 0) is 43.2 Å². The Morgan fingerprint density at radius 3 is 2.48 bits per heavy atom. The molecule has 6 heteroatoms. The fourth-order valence-corrected chi connectivity index (χ4v) is 2.89. The van der Waals surface area contributed by atoms with E-state index in [1.807, 2.05) is 38.1 Å². The maximum Gasteiger partial charge on any atom is 0.238 e. The maximum absolute atomic E-state index is 11.4. The maximum atomic E-state index is 11.4. The molecule has 0 aliphatic carbocycles. The van der Waals surface area contributed by atoms with Crippen molar-refractivity contribution < 1.29 is 8.42 Å². The molecule has 2 aromatic carbocycles. The Morgan fingerprint density at radius 2 is 1.86 bits per heavy atom. The first kappa shape index (κ1) is 15.8. The fraction of sp³-hybridized carbons (Fsp3) is 0.200. The van der Waals surface area contributed by atoms with Crippen molar-refractivity contribution in [1.82, 2.24) is 0 Å². The summed E-state index contributed by atoms with van der Waals surface area (Å²) in [5, 5.41) is 8.82. The molecule has 0 aromatic heterocycles. The molecule has 1 unspecified atom stereocenters. The zero-order valence-electron chi connectivity index (χ0n) is 11.8. The largest absolute Gasteiger partial charge is 0.377 e. The number of benzene rings is 2. The summed E-state index contributed by atoms with van der Waals surface area (Å²) < 4.78 is 22.8. The highest BCUT2D eigenvalue weighted by Crippen LogP contribution is 2.29. The summed E-state index contributed by atoms with van der Waals surface area (Å²) in [5.74, 6) is 0. The lowest BCUT2D eigenvalue weighted by Gasteiger charge is -2.19. The average molecular weight is 325 g/mol. The predicted octanol–water partition coefficient (Wildman–Crippen LogP) is 3.47. The van der Waals surface area contributed by atoms with Crippen LogP contribution in [-0.2, 0) is 10.0 Å². The van der Waals surface area contributed by atoms with Gasteiger partial charge >= 0.3 is 0 Å². The summed E-state index contributed by atoms with van der Waals surface area (Å²) in [6.45, 7) is 4.01. The van der Waals surface area contributed by atoms with E-state index in [1.165, 1.54) is 18.2 Å². The first-order chi connectivity index (χ1) is 9.79. The SMILES string of the molecule is Cc1ccccc1C(C)Nc1cc(S(N)(=O)=O)ccc1Cl. The molecule has 0 saturated heterocycles. The molecule has 21 heavy (non-hydrogen) atoms. The lowest BCUT2D eigenvalue weighted by molar-refractivity contribution is 0.598. The fourth-order valence-electron chi connectivity index (χ4n) is 2.18. The van der Waals surface area contributed by atoms with Crippen molar-refractivity contribution in [2.45, 2.75) is 24.8 Å². The number of nitrogens with two attached hydrogens (primary N) is 1. The van der Waals surface area contributed by atoms with Gasteiger partial charge in [0.25, 0.3) is 0 Å². The molecule has 0 spiro atoms. The van der Waals surface area contributed by atoms with E-state index in [9.17, 15) is 8.42 Å². The second-order valence-corrected chi connectivity index (χ2v) is 6.88. The Morgan fingerprint density at radius 1 is 1.19 bits per heavy atom. The molecule has 1 atom stereocenters. The third kappa shape index (κ3) is 3.75. The molecule has 4 nitrogen and oxygen atoms in total. The molecule has 0 aliphatic heterocycles. The lowest BCUT2D eigenvalue weighted by Crippen LogP contribution is -2.13. The van der Waals surface area contributed by atoms with Crippen molar-refractivity contribution in [3.8, 4) is 0 Å². The average Bonchev–Trinajstić information content (AvgIpc) is 2.40. The van der Waals surface area contributed by atoms with Gasteiger partial charge in [-0.25, -0.2) is 13.6 Å². The van der Waals surface area contributed by atoms with Crippen LogP contribution in [0.5, 0.6) is 0 Å². The highest BCUT2D eigenvalue weighted by Gasteiger charge is 2.13. The topological polar surface area (TPSA) is 72.2 Å². The molecule has 112 valence electrons. The number of hydrogen-bond donors (Lipinski definition) is 2. The second kappa shape index (κ2) is 6.05. The van der Waals surface area contributed by atoms with Gasteiger partial charge in [0.2, 0.25) is 10.0 Å². The molecule has 3 N–H and O–H groups in total. The third-order valence-electron chi connectivity index (χ3n) is 3.29.